The topological polar surface area (TPSA) is 90.9 Å². The maximum atomic E-state index is 12.8. The number of methoxy groups -OCH3 is 1. The SMILES string of the molecule is CCOC(=O)[C@]1(C(C)(C)C(=O)OC)NC(=O)Oc2ccccc21. The van der Waals surface area contributed by atoms with Gasteiger partial charge in [0.2, 0.25) is 0 Å². The van der Waals surface area contributed by atoms with Crippen molar-refractivity contribution < 1.29 is 28.6 Å². The zero-order valence-corrected chi connectivity index (χ0v) is 13.5. The van der Waals surface area contributed by atoms with Crippen molar-refractivity contribution in [1.29, 1.82) is 0 Å². The summed E-state index contributed by atoms with van der Waals surface area (Å²) in [5.74, 6) is -1.22. The maximum Gasteiger partial charge on any atom is 0.413 e. The van der Waals surface area contributed by atoms with Gasteiger partial charge in [-0.1, -0.05) is 18.2 Å². The second kappa shape index (κ2) is 5.91. The molecule has 0 spiro atoms. The van der Waals surface area contributed by atoms with Crippen LogP contribution >= 0.6 is 0 Å². The van der Waals surface area contributed by atoms with Crippen molar-refractivity contribution >= 4 is 18.0 Å². The van der Waals surface area contributed by atoms with E-state index in [0.717, 1.165) is 0 Å². The summed E-state index contributed by atoms with van der Waals surface area (Å²) in [7, 11) is 1.22. The lowest BCUT2D eigenvalue weighted by Crippen LogP contribution is -2.66. The van der Waals surface area contributed by atoms with E-state index in [0.29, 0.717) is 5.56 Å². The molecular formula is C16H19NO6. The predicted molar refractivity (Wildman–Crippen MR) is 79.7 cm³/mol. The van der Waals surface area contributed by atoms with Gasteiger partial charge in [-0.2, -0.15) is 0 Å². The van der Waals surface area contributed by atoms with Crippen molar-refractivity contribution in [2.75, 3.05) is 13.7 Å². The average molecular weight is 321 g/mol. The van der Waals surface area contributed by atoms with E-state index in [1.165, 1.54) is 21.0 Å². The lowest BCUT2D eigenvalue weighted by Gasteiger charge is -2.45. The van der Waals surface area contributed by atoms with Gasteiger partial charge in [0.25, 0.3) is 0 Å². The molecule has 1 aliphatic heterocycles. The molecule has 0 bridgehead atoms. The fourth-order valence-electron chi connectivity index (χ4n) is 2.77. The first kappa shape index (κ1) is 16.8. The Morgan fingerprint density at radius 2 is 1.96 bits per heavy atom. The van der Waals surface area contributed by atoms with Crippen LogP contribution in [0.15, 0.2) is 24.3 Å². The Morgan fingerprint density at radius 3 is 2.57 bits per heavy atom. The number of amides is 1. The molecule has 1 aliphatic rings. The zero-order valence-electron chi connectivity index (χ0n) is 13.5. The summed E-state index contributed by atoms with van der Waals surface area (Å²) in [6, 6.07) is 6.51. The highest BCUT2D eigenvalue weighted by molar-refractivity contribution is 5.97. The monoisotopic (exact) mass is 321 g/mol. The minimum absolute atomic E-state index is 0.0940. The molecule has 0 fully saturated rings. The first-order chi connectivity index (χ1) is 10.8. The van der Waals surface area contributed by atoms with Gasteiger partial charge < -0.3 is 14.2 Å². The van der Waals surface area contributed by atoms with Crippen LogP contribution in [-0.2, 0) is 24.6 Å². The highest BCUT2D eigenvalue weighted by Gasteiger charge is 2.62. The second-order valence-corrected chi connectivity index (χ2v) is 5.60. The standard InChI is InChI=1S/C16H19NO6/c1-5-22-13(19)16(15(2,3)12(18)21-4)10-8-6-7-9-11(10)23-14(20)17-16/h6-9H,5H2,1-4H3,(H,17,20)/t16-/m1/s1. The van der Waals surface area contributed by atoms with Gasteiger partial charge in [-0.3, -0.25) is 10.1 Å². The number of carbonyl (C=O) groups is 3. The highest BCUT2D eigenvalue weighted by atomic mass is 16.6. The highest BCUT2D eigenvalue weighted by Crippen LogP contribution is 2.47. The van der Waals surface area contributed by atoms with Crippen molar-refractivity contribution in [2.24, 2.45) is 5.41 Å². The Balaban J connectivity index is 2.76. The van der Waals surface area contributed by atoms with E-state index >= 15 is 0 Å². The van der Waals surface area contributed by atoms with E-state index in [4.69, 9.17) is 14.2 Å². The molecule has 0 aromatic heterocycles. The number of nitrogens with one attached hydrogen (secondary N) is 1. The van der Waals surface area contributed by atoms with Gasteiger partial charge in [0, 0.05) is 5.56 Å². The number of benzene rings is 1. The third-order valence-corrected chi connectivity index (χ3v) is 4.00. The minimum Gasteiger partial charge on any atom is -0.469 e. The molecule has 2 rings (SSSR count). The smallest absolute Gasteiger partial charge is 0.413 e. The van der Waals surface area contributed by atoms with Gasteiger partial charge in [0.05, 0.1) is 13.7 Å². The molecule has 1 heterocycles. The molecule has 0 aliphatic carbocycles. The number of fused-ring (bicyclic) bond motifs is 1. The fourth-order valence-corrected chi connectivity index (χ4v) is 2.77. The lowest BCUT2D eigenvalue weighted by atomic mass is 9.67. The number of rotatable bonds is 4. The van der Waals surface area contributed by atoms with Crippen LogP contribution in [0.5, 0.6) is 5.75 Å². The first-order valence-electron chi connectivity index (χ1n) is 7.16. The molecule has 0 radical (unpaired) electrons. The number of carbonyl (C=O) groups excluding carboxylic acids is 3. The van der Waals surface area contributed by atoms with Crippen molar-refractivity contribution in [3.8, 4) is 5.75 Å². The quantitative estimate of drug-likeness (QED) is 0.850. The molecule has 1 N–H and O–H groups in total. The largest absolute Gasteiger partial charge is 0.469 e. The molecular weight excluding hydrogens is 302 g/mol. The third-order valence-electron chi connectivity index (χ3n) is 4.00. The van der Waals surface area contributed by atoms with Crippen LogP contribution in [0.3, 0.4) is 0 Å². The summed E-state index contributed by atoms with van der Waals surface area (Å²) < 4.78 is 15.1. The van der Waals surface area contributed by atoms with Crippen LogP contribution in [0.2, 0.25) is 0 Å². The summed E-state index contributed by atoms with van der Waals surface area (Å²) in [6.45, 7) is 4.76. The van der Waals surface area contributed by atoms with E-state index in [9.17, 15) is 14.4 Å². The average Bonchev–Trinajstić information content (AvgIpc) is 2.52. The van der Waals surface area contributed by atoms with E-state index in [-0.39, 0.29) is 12.4 Å². The lowest BCUT2D eigenvalue weighted by molar-refractivity contribution is -0.171. The molecule has 23 heavy (non-hydrogen) atoms. The Kier molecular flexibility index (Phi) is 4.31. The van der Waals surface area contributed by atoms with Crippen LogP contribution in [0.4, 0.5) is 4.79 Å². The third kappa shape index (κ3) is 2.42. The fraction of sp³-hybridized carbons (Fsp3) is 0.438. The summed E-state index contributed by atoms with van der Waals surface area (Å²) in [6.07, 6.45) is -0.839. The van der Waals surface area contributed by atoms with Crippen LogP contribution in [0.1, 0.15) is 26.3 Å². The molecule has 1 aromatic carbocycles. The van der Waals surface area contributed by atoms with Gasteiger partial charge in [-0.05, 0) is 26.8 Å². The van der Waals surface area contributed by atoms with Crippen molar-refractivity contribution in [3.63, 3.8) is 0 Å². The summed E-state index contributed by atoms with van der Waals surface area (Å²) in [4.78, 5) is 37.2. The Bertz CT molecular complexity index is 654. The van der Waals surface area contributed by atoms with E-state index in [1.54, 1.807) is 31.2 Å². The Morgan fingerprint density at radius 1 is 1.30 bits per heavy atom. The second-order valence-electron chi connectivity index (χ2n) is 5.60. The van der Waals surface area contributed by atoms with Gasteiger partial charge >= 0.3 is 18.0 Å². The molecule has 0 saturated heterocycles. The van der Waals surface area contributed by atoms with E-state index < -0.39 is 29.0 Å². The first-order valence-corrected chi connectivity index (χ1v) is 7.16. The van der Waals surface area contributed by atoms with E-state index in [1.807, 2.05) is 0 Å². The maximum absolute atomic E-state index is 12.8. The van der Waals surface area contributed by atoms with Crippen LogP contribution in [-0.4, -0.2) is 31.7 Å². The van der Waals surface area contributed by atoms with Crippen molar-refractivity contribution in [2.45, 2.75) is 26.3 Å². The molecule has 1 aromatic rings. The van der Waals surface area contributed by atoms with Crippen LogP contribution in [0, 0.1) is 5.41 Å². The number of para-hydroxylation sites is 1. The minimum atomic E-state index is -1.75. The van der Waals surface area contributed by atoms with Gasteiger partial charge in [0.15, 0.2) is 5.54 Å². The molecule has 124 valence electrons. The number of ether oxygens (including phenoxy) is 3. The number of hydrogen-bond donors (Lipinski definition) is 1. The van der Waals surface area contributed by atoms with Crippen molar-refractivity contribution in [1.82, 2.24) is 5.32 Å². The van der Waals surface area contributed by atoms with Gasteiger partial charge in [-0.25, -0.2) is 9.59 Å². The number of hydrogen-bond acceptors (Lipinski definition) is 6. The summed E-state index contributed by atoms with van der Waals surface area (Å²) >= 11 is 0. The molecule has 0 saturated carbocycles. The van der Waals surface area contributed by atoms with Crippen LogP contribution < -0.4 is 10.1 Å². The normalized spacial score (nSPS) is 19.9. The summed E-state index contributed by atoms with van der Waals surface area (Å²) in [5.41, 5.74) is -2.83. The molecule has 7 heteroatoms. The Labute approximate surface area is 133 Å². The van der Waals surface area contributed by atoms with Crippen molar-refractivity contribution in [3.05, 3.63) is 29.8 Å². The molecule has 1 amide bonds. The predicted octanol–water partition coefficient (Wildman–Crippen LogP) is 1.75. The van der Waals surface area contributed by atoms with E-state index in [2.05, 4.69) is 5.32 Å². The molecule has 0 unspecified atom stereocenters. The number of esters is 2. The summed E-state index contributed by atoms with van der Waals surface area (Å²) in [5, 5.41) is 2.49. The molecule has 1 atom stereocenters. The zero-order chi connectivity index (χ0) is 17.3. The molecule has 7 nitrogen and oxygen atoms in total. The van der Waals surface area contributed by atoms with Crippen LogP contribution in [0.25, 0.3) is 0 Å². The Hall–Kier alpha value is -2.57. The van der Waals surface area contributed by atoms with Gasteiger partial charge in [0.1, 0.15) is 11.2 Å². The van der Waals surface area contributed by atoms with Gasteiger partial charge in [-0.15, -0.1) is 0 Å².